The number of rotatable bonds is 6. The number of carbonyl (C=O) groups excluding carboxylic acids is 1. The number of hydrogen-bond acceptors (Lipinski definition) is 3. The molecule has 0 saturated heterocycles. The molecular weight excluding hydrogens is 339 g/mol. The molecule has 5 heteroatoms. The Hall–Kier alpha value is -0.125. The number of unbranched alkanes of at least 4 members (excludes halogenated alkanes) is 1. The van der Waals surface area contributed by atoms with Crippen LogP contribution < -0.4 is 4.78 Å². The first kappa shape index (κ1) is 15.3. The fourth-order valence-electron chi connectivity index (χ4n) is 2.33. The van der Waals surface area contributed by atoms with E-state index in [9.17, 15) is 4.79 Å². The van der Waals surface area contributed by atoms with Crippen molar-refractivity contribution in [1.29, 1.82) is 0 Å². The van der Waals surface area contributed by atoms with E-state index in [-0.39, 0.29) is 5.92 Å². The molecule has 0 aromatic carbocycles. The molecule has 0 fully saturated rings. The van der Waals surface area contributed by atoms with Gasteiger partial charge in [-0.15, -0.1) is 22.7 Å². The van der Waals surface area contributed by atoms with Gasteiger partial charge in [-0.1, -0.05) is 26.7 Å². The summed E-state index contributed by atoms with van der Waals surface area (Å²) in [6, 6.07) is 2.07. The summed E-state index contributed by atoms with van der Waals surface area (Å²) in [4.78, 5) is 13.5. The molecule has 1 atom stereocenters. The number of fused-ring (bicyclic) bond motifs is 1. The van der Waals surface area contributed by atoms with Gasteiger partial charge < -0.3 is 0 Å². The zero-order valence-electron chi connectivity index (χ0n) is 11.6. The highest BCUT2D eigenvalue weighted by Gasteiger charge is 2.21. The summed E-state index contributed by atoms with van der Waals surface area (Å²) in [5.74, 6) is 0.541. The van der Waals surface area contributed by atoms with Crippen molar-refractivity contribution in [1.82, 2.24) is 0 Å². The number of halogens is 1. The first-order valence-electron chi connectivity index (χ1n) is 6.81. The molecule has 2 heterocycles. The van der Waals surface area contributed by atoms with E-state index in [1.807, 2.05) is 0 Å². The fraction of sp³-hybridized carbons (Fsp3) is 0.500. The Morgan fingerprint density at radius 1 is 1.42 bits per heavy atom. The first-order chi connectivity index (χ1) is 9.08. The minimum absolute atomic E-state index is 0.200. The van der Waals surface area contributed by atoms with Crippen LogP contribution in [0.4, 0.5) is 0 Å². The van der Waals surface area contributed by atoms with E-state index >= 15 is 0 Å². The Morgan fingerprint density at radius 3 is 2.74 bits per heavy atom. The molecule has 0 saturated carbocycles. The Bertz CT molecular complexity index is 553. The summed E-state index contributed by atoms with van der Waals surface area (Å²) >= 11 is 7.00. The predicted molar refractivity (Wildman–Crippen MR) is 93.2 cm³/mol. The van der Waals surface area contributed by atoms with Gasteiger partial charge in [0, 0.05) is 16.0 Å². The van der Waals surface area contributed by atoms with E-state index in [0.717, 1.165) is 34.3 Å². The lowest BCUT2D eigenvalue weighted by atomic mass is 9.94. The summed E-state index contributed by atoms with van der Waals surface area (Å²) in [5.41, 5.74) is 0. The Morgan fingerprint density at radius 2 is 2.16 bits per heavy atom. The molecule has 19 heavy (non-hydrogen) atoms. The second kappa shape index (κ2) is 6.55. The van der Waals surface area contributed by atoms with Crippen LogP contribution in [0, 0.1) is 5.92 Å². The SMILES string of the molecule is Bc1sc(Br)c2cc(C(=O)C(CC)CCCC)sc12. The third-order valence-corrected chi connectivity index (χ3v) is 6.74. The summed E-state index contributed by atoms with van der Waals surface area (Å²) in [5, 5.41) is 1.21. The van der Waals surface area contributed by atoms with Crippen molar-refractivity contribution in [3.8, 4) is 0 Å². The Kier molecular flexibility index (Phi) is 5.26. The smallest absolute Gasteiger partial charge is 0.175 e. The van der Waals surface area contributed by atoms with Gasteiger partial charge in [-0.2, -0.15) is 0 Å². The fourth-order valence-corrected chi connectivity index (χ4v) is 5.64. The van der Waals surface area contributed by atoms with Gasteiger partial charge in [-0.3, -0.25) is 4.79 Å². The third-order valence-electron chi connectivity index (χ3n) is 3.52. The van der Waals surface area contributed by atoms with Crippen LogP contribution in [0.25, 0.3) is 10.1 Å². The van der Waals surface area contributed by atoms with Gasteiger partial charge in [-0.25, -0.2) is 0 Å². The van der Waals surface area contributed by atoms with Gasteiger partial charge in [0.25, 0.3) is 0 Å². The second-order valence-corrected chi connectivity index (χ2v) is 8.49. The van der Waals surface area contributed by atoms with Crippen molar-refractivity contribution in [3.05, 3.63) is 14.7 Å². The molecule has 0 aliphatic heterocycles. The molecule has 102 valence electrons. The molecule has 0 N–H and O–H groups in total. The van der Waals surface area contributed by atoms with Gasteiger partial charge in [0.1, 0.15) is 0 Å². The molecule has 0 amide bonds. The summed E-state index contributed by atoms with van der Waals surface area (Å²) < 4.78 is 3.72. The molecule has 2 rings (SSSR count). The first-order valence-corrected chi connectivity index (χ1v) is 9.23. The average Bonchev–Trinajstić information content (AvgIpc) is 2.93. The highest BCUT2D eigenvalue weighted by molar-refractivity contribution is 9.11. The van der Waals surface area contributed by atoms with Crippen molar-refractivity contribution in [2.75, 3.05) is 0 Å². The molecule has 1 unspecified atom stereocenters. The quantitative estimate of drug-likeness (QED) is 0.554. The lowest BCUT2D eigenvalue weighted by Gasteiger charge is -2.11. The highest BCUT2D eigenvalue weighted by Crippen LogP contribution is 2.36. The highest BCUT2D eigenvalue weighted by atomic mass is 79.9. The van der Waals surface area contributed by atoms with Crippen molar-refractivity contribution in [2.24, 2.45) is 5.92 Å². The van der Waals surface area contributed by atoms with Crippen molar-refractivity contribution in [3.63, 3.8) is 0 Å². The normalized spacial score (nSPS) is 13.0. The van der Waals surface area contributed by atoms with Crippen LogP contribution in [-0.2, 0) is 0 Å². The predicted octanol–water partition coefficient (Wildman–Crippen LogP) is 4.38. The maximum Gasteiger partial charge on any atom is 0.175 e. The number of ketones is 1. The second-order valence-electron chi connectivity index (χ2n) is 4.90. The monoisotopic (exact) mass is 356 g/mol. The zero-order chi connectivity index (χ0) is 14.0. The molecule has 0 aliphatic carbocycles. The maximum atomic E-state index is 12.6. The van der Waals surface area contributed by atoms with E-state index in [4.69, 9.17) is 0 Å². The zero-order valence-corrected chi connectivity index (χ0v) is 14.8. The van der Waals surface area contributed by atoms with Gasteiger partial charge in [0.05, 0.1) is 8.66 Å². The van der Waals surface area contributed by atoms with Crippen LogP contribution in [-0.4, -0.2) is 13.6 Å². The van der Waals surface area contributed by atoms with Crippen molar-refractivity contribution >= 4 is 67.1 Å². The third kappa shape index (κ3) is 3.14. The summed E-state index contributed by atoms with van der Waals surface area (Å²) in [7, 11) is 2.12. The van der Waals surface area contributed by atoms with Crippen LogP contribution in [0.1, 0.15) is 49.2 Å². The minimum atomic E-state index is 0.200. The maximum absolute atomic E-state index is 12.6. The van der Waals surface area contributed by atoms with Gasteiger partial charge in [-0.05, 0) is 39.6 Å². The molecule has 2 aromatic heterocycles. The molecule has 2 aromatic rings. The molecule has 0 aliphatic rings. The molecule has 1 nitrogen and oxygen atoms in total. The van der Waals surface area contributed by atoms with Gasteiger partial charge >= 0.3 is 0 Å². The minimum Gasteiger partial charge on any atom is -0.293 e. The van der Waals surface area contributed by atoms with E-state index in [0.29, 0.717) is 5.78 Å². The van der Waals surface area contributed by atoms with Crippen molar-refractivity contribution in [2.45, 2.75) is 39.5 Å². The van der Waals surface area contributed by atoms with E-state index in [1.165, 1.54) is 14.9 Å². The standard InChI is InChI=1S/C14H18BBrOS2/c1-3-5-6-8(4-2)11(17)10-7-9-12(18-10)13(15)19-14(9)16/h7-8H,3-6,15H2,1-2H3. The lowest BCUT2D eigenvalue weighted by Crippen LogP contribution is -2.12. The average molecular weight is 357 g/mol. The van der Waals surface area contributed by atoms with E-state index in [1.54, 1.807) is 22.7 Å². The van der Waals surface area contributed by atoms with Crippen LogP contribution in [0.3, 0.4) is 0 Å². The van der Waals surface area contributed by atoms with Crippen molar-refractivity contribution < 1.29 is 4.79 Å². The van der Waals surface area contributed by atoms with E-state index in [2.05, 4.69) is 43.7 Å². The topological polar surface area (TPSA) is 17.1 Å². The molecule has 0 spiro atoms. The van der Waals surface area contributed by atoms with E-state index < -0.39 is 0 Å². The summed E-state index contributed by atoms with van der Waals surface area (Å²) in [6.45, 7) is 4.30. The van der Waals surface area contributed by atoms with Gasteiger partial charge in [0.15, 0.2) is 13.6 Å². The number of thiophene rings is 2. The van der Waals surface area contributed by atoms with Crippen LogP contribution >= 0.6 is 38.6 Å². The molecular formula is C14H18BBrOS2. The van der Waals surface area contributed by atoms with Crippen LogP contribution in [0.5, 0.6) is 0 Å². The molecule has 0 radical (unpaired) electrons. The summed E-state index contributed by atoms with van der Waals surface area (Å²) in [6.07, 6.45) is 4.28. The number of hydrogen-bond donors (Lipinski definition) is 0. The number of Topliss-reactive ketones (excluding diaryl/α,β-unsaturated/α-hetero) is 1. The molecule has 0 bridgehead atoms. The Balaban J connectivity index is 2.27. The van der Waals surface area contributed by atoms with Gasteiger partial charge in [0.2, 0.25) is 0 Å². The van der Waals surface area contributed by atoms with Crippen LogP contribution in [0.2, 0.25) is 0 Å². The lowest BCUT2D eigenvalue weighted by molar-refractivity contribution is 0.0912. The largest absolute Gasteiger partial charge is 0.293 e. The van der Waals surface area contributed by atoms with Crippen LogP contribution in [0.15, 0.2) is 9.85 Å². The Labute approximate surface area is 131 Å². The number of carbonyl (C=O) groups is 1.